The zero-order valence-electron chi connectivity index (χ0n) is 12.2. The van der Waals surface area contributed by atoms with Gasteiger partial charge in [-0.1, -0.05) is 40.0 Å². The van der Waals surface area contributed by atoms with Gasteiger partial charge in [-0.05, 0) is 42.9 Å². The molecule has 4 unspecified atom stereocenters. The molecule has 0 aliphatic heterocycles. The zero-order valence-corrected chi connectivity index (χ0v) is 12.2. The second-order valence-electron chi connectivity index (χ2n) is 6.70. The molecule has 2 aliphatic carbocycles. The summed E-state index contributed by atoms with van der Waals surface area (Å²) in [6.07, 6.45) is 6.45. The van der Waals surface area contributed by atoms with Crippen LogP contribution in [-0.2, 0) is 0 Å². The van der Waals surface area contributed by atoms with E-state index >= 15 is 0 Å². The highest BCUT2D eigenvalue weighted by Crippen LogP contribution is 2.49. The quantitative estimate of drug-likeness (QED) is 0.812. The molecule has 18 heavy (non-hydrogen) atoms. The number of hydrogen-bond donors (Lipinski definition) is 2. The Kier molecular flexibility index (Phi) is 4.71. The Bertz CT molecular complexity index is 262. The van der Waals surface area contributed by atoms with Gasteiger partial charge in [-0.3, -0.25) is 0 Å². The van der Waals surface area contributed by atoms with Gasteiger partial charge in [-0.15, -0.1) is 0 Å². The summed E-state index contributed by atoms with van der Waals surface area (Å²) >= 11 is 0. The van der Waals surface area contributed by atoms with E-state index in [1.165, 1.54) is 12.8 Å². The monoisotopic (exact) mass is 254 g/mol. The maximum absolute atomic E-state index is 10.7. The molecular formula is C16H30O2. The lowest BCUT2D eigenvalue weighted by Gasteiger charge is -2.30. The summed E-state index contributed by atoms with van der Waals surface area (Å²) in [5.74, 6) is 2.12. The molecule has 2 saturated carbocycles. The lowest BCUT2D eigenvalue weighted by molar-refractivity contribution is -0.0283. The molecule has 2 N–H and O–H groups in total. The van der Waals surface area contributed by atoms with Gasteiger partial charge in [0.25, 0.3) is 0 Å². The standard InChI is InChI=1S/C16H30O2/c1-4-11(5-2)13-9-12-8-6-7-10(3)15(17)14(12)16(13)18/h10-18H,4-9H2,1-3H3/t10-,12?,13+,14?,15?,16?/m0/s1. The zero-order chi connectivity index (χ0) is 13.3. The number of aliphatic hydroxyl groups is 2. The van der Waals surface area contributed by atoms with Crippen LogP contribution in [0.2, 0.25) is 0 Å². The first-order chi connectivity index (χ1) is 8.60. The number of rotatable bonds is 3. The van der Waals surface area contributed by atoms with Crippen molar-refractivity contribution in [3.05, 3.63) is 0 Å². The largest absolute Gasteiger partial charge is 0.392 e. The SMILES string of the molecule is CCC(CC)[C@H]1CC2CCC[C@H](C)C(O)C2C1O. The lowest BCUT2D eigenvalue weighted by atomic mass is 9.81. The second kappa shape index (κ2) is 5.92. The fraction of sp³-hybridized carbons (Fsp3) is 1.00. The van der Waals surface area contributed by atoms with Crippen LogP contribution < -0.4 is 0 Å². The Balaban J connectivity index is 2.14. The van der Waals surface area contributed by atoms with Crippen molar-refractivity contribution in [2.75, 3.05) is 0 Å². The van der Waals surface area contributed by atoms with E-state index in [1.54, 1.807) is 0 Å². The Morgan fingerprint density at radius 3 is 2.33 bits per heavy atom. The van der Waals surface area contributed by atoms with Crippen molar-refractivity contribution in [1.82, 2.24) is 0 Å². The molecule has 0 saturated heterocycles. The number of aliphatic hydroxyl groups excluding tert-OH is 2. The Morgan fingerprint density at radius 1 is 1.06 bits per heavy atom. The minimum atomic E-state index is -0.285. The third-order valence-electron chi connectivity index (χ3n) is 5.82. The van der Waals surface area contributed by atoms with Gasteiger partial charge in [0.2, 0.25) is 0 Å². The summed E-state index contributed by atoms with van der Waals surface area (Å²) in [7, 11) is 0. The summed E-state index contributed by atoms with van der Waals surface area (Å²) in [6, 6.07) is 0. The van der Waals surface area contributed by atoms with Gasteiger partial charge >= 0.3 is 0 Å². The van der Waals surface area contributed by atoms with E-state index in [0.29, 0.717) is 23.7 Å². The van der Waals surface area contributed by atoms with E-state index in [-0.39, 0.29) is 18.1 Å². The molecular weight excluding hydrogens is 224 g/mol. The van der Waals surface area contributed by atoms with Crippen molar-refractivity contribution < 1.29 is 10.2 Å². The van der Waals surface area contributed by atoms with Gasteiger partial charge in [0.1, 0.15) is 0 Å². The fourth-order valence-corrected chi connectivity index (χ4v) is 4.62. The molecule has 106 valence electrons. The Labute approximate surface area is 112 Å². The van der Waals surface area contributed by atoms with Crippen LogP contribution in [0.25, 0.3) is 0 Å². The first kappa shape index (κ1) is 14.3. The van der Waals surface area contributed by atoms with Gasteiger partial charge in [-0.25, -0.2) is 0 Å². The van der Waals surface area contributed by atoms with Crippen LogP contribution in [0.3, 0.4) is 0 Å². The Hall–Kier alpha value is -0.0800. The summed E-state index contributed by atoms with van der Waals surface area (Å²) in [6.45, 7) is 6.60. The molecule has 2 rings (SSSR count). The molecule has 0 bridgehead atoms. The molecule has 0 heterocycles. The van der Waals surface area contributed by atoms with Crippen LogP contribution in [0.15, 0.2) is 0 Å². The number of hydrogen-bond acceptors (Lipinski definition) is 2. The first-order valence-corrected chi connectivity index (χ1v) is 7.96. The molecule has 2 heteroatoms. The Morgan fingerprint density at radius 2 is 1.72 bits per heavy atom. The van der Waals surface area contributed by atoms with E-state index in [1.807, 2.05) is 0 Å². The van der Waals surface area contributed by atoms with Gasteiger partial charge in [0.15, 0.2) is 0 Å². The van der Waals surface area contributed by atoms with Gasteiger partial charge in [0, 0.05) is 5.92 Å². The van der Waals surface area contributed by atoms with Crippen LogP contribution in [0, 0.1) is 29.6 Å². The van der Waals surface area contributed by atoms with Crippen LogP contribution in [-0.4, -0.2) is 22.4 Å². The second-order valence-corrected chi connectivity index (χ2v) is 6.70. The van der Waals surface area contributed by atoms with E-state index in [9.17, 15) is 10.2 Å². The van der Waals surface area contributed by atoms with E-state index in [2.05, 4.69) is 20.8 Å². The van der Waals surface area contributed by atoms with Crippen molar-refractivity contribution in [1.29, 1.82) is 0 Å². The molecule has 0 aromatic rings. The third-order valence-corrected chi connectivity index (χ3v) is 5.82. The topological polar surface area (TPSA) is 40.5 Å². The van der Waals surface area contributed by atoms with Crippen LogP contribution in [0.4, 0.5) is 0 Å². The lowest BCUT2D eigenvalue weighted by Crippen LogP contribution is -2.37. The highest BCUT2D eigenvalue weighted by molar-refractivity contribution is 4.98. The van der Waals surface area contributed by atoms with Crippen molar-refractivity contribution in [2.45, 2.75) is 71.5 Å². The molecule has 2 nitrogen and oxygen atoms in total. The van der Waals surface area contributed by atoms with E-state index < -0.39 is 0 Å². The fourth-order valence-electron chi connectivity index (χ4n) is 4.62. The minimum absolute atomic E-state index is 0.146. The van der Waals surface area contributed by atoms with Gasteiger partial charge in [0.05, 0.1) is 12.2 Å². The summed E-state index contributed by atoms with van der Waals surface area (Å²) < 4.78 is 0. The predicted octanol–water partition coefficient (Wildman–Crippen LogP) is 3.22. The molecule has 0 spiro atoms. The third kappa shape index (κ3) is 2.46. The summed E-state index contributed by atoms with van der Waals surface area (Å²) in [4.78, 5) is 0. The molecule has 0 amide bonds. The van der Waals surface area contributed by atoms with Gasteiger partial charge in [-0.2, -0.15) is 0 Å². The van der Waals surface area contributed by atoms with Crippen molar-refractivity contribution in [3.63, 3.8) is 0 Å². The maximum Gasteiger partial charge on any atom is 0.0626 e. The molecule has 2 fully saturated rings. The first-order valence-electron chi connectivity index (χ1n) is 7.96. The van der Waals surface area contributed by atoms with Gasteiger partial charge < -0.3 is 10.2 Å². The normalized spacial score (nSPS) is 45.0. The average Bonchev–Trinajstić information content (AvgIpc) is 2.60. The van der Waals surface area contributed by atoms with E-state index in [4.69, 9.17) is 0 Å². The minimum Gasteiger partial charge on any atom is -0.392 e. The molecule has 0 aromatic heterocycles. The summed E-state index contributed by atoms with van der Waals surface area (Å²) in [5.41, 5.74) is 0. The van der Waals surface area contributed by atoms with Crippen molar-refractivity contribution >= 4 is 0 Å². The van der Waals surface area contributed by atoms with Crippen LogP contribution >= 0.6 is 0 Å². The smallest absolute Gasteiger partial charge is 0.0626 e. The molecule has 0 radical (unpaired) electrons. The maximum atomic E-state index is 10.7. The molecule has 2 aliphatic rings. The average molecular weight is 254 g/mol. The predicted molar refractivity (Wildman–Crippen MR) is 74.2 cm³/mol. The van der Waals surface area contributed by atoms with Crippen molar-refractivity contribution in [2.24, 2.45) is 29.6 Å². The van der Waals surface area contributed by atoms with Crippen LogP contribution in [0.1, 0.15) is 59.3 Å². The van der Waals surface area contributed by atoms with Crippen molar-refractivity contribution in [3.8, 4) is 0 Å². The van der Waals surface area contributed by atoms with E-state index in [0.717, 1.165) is 25.7 Å². The highest BCUT2D eigenvalue weighted by Gasteiger charge is 2.49. The molecule has 6 atom stereocenters. The van der Waals surface area contributed by atoms with Crippen LogP contribution in [0.5, 0.6) is 0 Å². The number of fused-ring (bicyclic) bond motifs is 1. The highest BCUT2D eigenvalue weighted by atomic mass is 16.3. The summed E-state index contributed by atoms with van der Waals surface area (Å²) in [5, 5.41) is 21.2. The molecule has 0 aromatic carbocycles.